The minimum atomic E-state index is -0.172. The Balaban J connectivity index is 1.66. The van der Waals surface area contributed by atoms with Crippen LogP contribution in [-0.4, -0.2) is 54.6 Å². The van der Waals surface area contributed by atoms with Gasteiger partial charge in [0.1, 0.15) is 5.82 Å². The van der Waals surface area contributed by atoms with E-state index in [-0.39, 0.29) is 11.9 Å². The van der Waals surface area contributed by atoms with Gasteiger partial charge in [-0.3, -0.25) is 9.80 Å². The first kappa shape index (κ1) is 12.1. The molecule has 3 fully saturated rings. The molecular weight excluding hydrogens is 229 g/mol. The molecule has 3 nitrogen and oxygen atoms in total. The monoisotopic (exact) mass is 249 g/mol. The second kappa shape index (κ2) is 4.96. The smallest absolute Gasteiger partial charge is 0.123 e. The van der Waals surface area contributed by atoms with E-state index in [9.17, 15) is 4.39 Å². The van der Waals surface area contributed by atoms with E-state index >= 15 is 0 Å². The quantitative estimate of drug-likeness (QED) is 0.855. The molecule has 4 rings (SSSR count). The van der Waals surface area contributed by atoms with Crippen LogP contribution in [0.5, 0.6) is 0 Å². The van der Waals surface area contributed by atoms with Crippen LogP contribution in [0, 0.1) is 5.82 Å². The third kappa shape index (κ3) is 2.41. The third-order valence-electron chi connectivity index (χ3n) is 4.18. The van der Waals surface area contributed by atoms with E-state index in [1.54, 1.807) is 12.1 Å². The molecule has 3 saturated heterocycles. The van der Waals surface area contributed by atoms with Gasteiger partial charge in [0.05, 0.1) is 0 Å². The first-order valence-corrected chi connectivity index (χ1v) is 6.69. The van der Waals surface area contributed by atoms with Crippen LogP contribution < -0.4 is 5.73 Å². The average Bonchev–Trinajstić information content (AvgIpc) is 2.40. The molecule has 2 unspecified atom stereocenters. The summed E-state index contributed by atoms with van der Waals surface area (Å²) in [5.74, 6) is -0.172. The molecule has 1 aromatic carbocycles. The Morgan fingerprint density at radius 2 is 2.06 bits per heavy atom. The number of fused-ring (bicyclic) bond motifs is 3. The molecule has 4 heteroatoms. The van der Waals surface area contributed by atoms with Crippen LogP contribution >= 0.6 is 0 Å². The van der Waals surface area contributed by atoms with Gasteiger partial charge in [-0.2, -0.15) is 0 Å². The molecule has 0 saturated carbocycles. The van der Waals surface area contributed by atoms with Crippen molar-refractivity contribution in [3.63, 3.8) is 0 Å². The summed E-state index contributed by atoms with van der Waals surface area (Å²) in [4.78, 5) is 4.97. The van der Waals surface area contributed by atoms with Gasteiger partial charge in [-0.15, -0.1) is 0 Å². The van der Waals surface area contributed by atoms with E-state index in [1.807, 2.05) is 6.07 Å². The van der Waals surface area contributed by atoms with Crippen LogP contribution in [0.1, 0.15) is 5.56 Å². The molecule has 0 spiro atoms. The largest absolute Gasteiger partial charge is 0.326 e. The number of halogens is 1. The number of piperazine rings is 3. The zero-order chi connectivity index (χ0) is 12.5. The molecule has 3 aliphatic heterocycles. The van der Waals surface area contributed by atoms with Gasteiger partial charge in [-0.1, -0.05) is 12.1 Å². The highest BCUT2D eigenvalue weighted by atomic mass is 19.1. The van der Waals surface area contributed by atoms with Crippen LogP contribution in [-0.2, 0) is 6.42 Å². The lowest BCUT2D eigenvalue weighted by molar-refractivity contribution is 0.00258. The topological polar surface area (TPSA) is 32.5 Å². The minimum Gasteiger partial charge on any atom is -0.326 e. The number of nitrogens with two attached hydrogens (primary N) is 1. The number of hydrogen-bond acceptors (Lipinski definition) is 3. The van der Waals surface area contributed by atoms with Gasteiger partial charge in [-0.05, 0) is 24.1 Å². The first-order chi connectivity index (χ1) is 8.72. The second-order valence-electron chi connectivity index (χ2n) is 5.40. The third-order valence-corrected chi connectivity index (χ3v) is 4.18. The molecule has 0 aromatic heterocycles. The van der Waals surface area contributed by atoms with Crippen molar-refractivity contribution in [1.82, 2.24) is 9.80 Å². The predicted octanol–water partition coefficient (Wildman–Crippen LogP) is 0.695. The van der Waals surface area contributed by atoms with Crippen molar-refractivity contribution in [2.75, 3.05) is 32.7 Å². The fraction of sp³-hybridized carbons (Fsp3) is 0.571. The molecule has 3 aliphatic rings. The predicted molar refractivity (Wildman–Crippen MR) is 69.9 cm³/mol. The molecule has 1 aromatic rings. The Labute approximate surface area is 107 Å². The second-order valence-corrected chi connectivity index (χ2v) is 5.40. The van der Waals surface area contributed by atoms with E-state index in [0.29, 0.717) is 6.04 Å². The number of rotatable bonds is 3. The Bertz CT molecular complexity index is 415. The zero-order valence-electron chi connectivity index (χ0n) is 10.6. The van der Waals surface area contributed by atoms with Crippen molar-refractivity contribution in [2.24, 2.45) is 5.73 Å². The Morgan fingerprint density at radius 1 is 1.28 bits per heavy atom. The molecular formula is C14H20FN3. The van der Waals surface area contributed by atoms with Gasteiger partial charge in [0.25, 0.3) is 0 Å². The Morgan fingerprint density at radius 3 is 2.67 bits per heavy atom. The van der Waals surface area contributed by atoms with Gasteiger partial charge in [-0.25, -0.2) is 4.39 Å². The van der Waals surface area contributed by atoms with Crippen LogP contribution in [0.15, 0.2) is 24.3 Å². The van der Waals surface area contributed by atoms with Gasteiger partial charge in [0.2, 0.25) is 0 Å². The van der Waals surface area contributed by atoms with Gasteiger partial charge < -0.3 is 5.73 Å². The van der Waals surface area contributed by atoms with E-state index < -0.39 is 0 Å². The average molecular weight is 249 g/mol. The summed E-state index contributed by atoms with van der Waals surface area (Å²) in [7, 11) is 0. The highest BCUT2D eigenvalue weighted by Gasteiger charge is 2.35. The summed E-state index contributed by atoms with van der Waals surface area (Å²) in [5.41, 5.74) is 7.33. The van der Waals surface area contributed by atoms with Gasteiger partial charge >= 0.3 is 0 Å². The van der Waals surface area contributed by atoms with E-state index in [2.05, 4.69) is 9.80 Å². The molecule has 2 N–H and O–H groups in total. The van der Waals surface area contributed by atoms with Crippen molar-refractivity contribution in [3.05, 3.63) is 35.6 Å². The lowest BCUT2D eigenvalue weighted by Crippen LogP contribution is -2.66. The summed E-state index contributed by atoms with van der Waals surface area (Å²) in [6.07, 6.45) is 0.757. The fourth-order valence-electron chi connectivity index (χ4n) is 3.14. The maximum Gasteiger partial charge on any atom is 0.123 e. The van der Waals surface area contributed by atoms with Crippen molar-refractivity contribution < 1.29 is 4.39 Å². The molecule has 2 atom stereocenters. The molecule has 3 heterocycles. The number of hydrogen-bond donors (Lipinski definition) is 1. The van der Waals surface area contributed by atoms with Crippen LogP contribution in [0.2, 0.25) is 0 Å². The number of nitrogens with zero attached hydrogens (tertiary/aromatic N) is 2. The summed E-state index contributed by atoms with van der Waals surface area (Å²) >= 11 is 0. The first-order valence-electron chi connectivity index (χ1n) is 6.69. The molecule has 18 heavy (non-hydrogen) atoms. The maximum absolute atomic E-state index is 13.2. The lowest BCUT2D eigenvalue weighted by atomic mass is 9.95. The van der Waals surface area contributed by atoms with E-state index in [1.165, 1.54) is 19.2 Å². The zero-order valence-corrected chi connectivity index (χ0v) is 10.6. The minimum absolute atomic E-state index is 0.0925. The van der Waals surface area contributed by atoms with Crippen LogP contribution in [0.25, 0.3) is 0 Å². The normalized spacial score (nSPS) is 32.4. The molecule has 98 valence electrons. The molecule has 0 amide bonds. The highest BCUT2D eigenvalue weighted by Crippen LogP contribution is 2.19. The SMILES string of the molecule is NC(Cc1cccc(F)c1)C1CN2CCN1CC2. The molecule has 2 bridgehead atoms. The van der Waals surface area contributed by atoms with Crippen molar-refractivity contribution in [2.45, 2.75) is 18.5 Å². The van der Waals surface area contributed by atoms with Crippen LogP contribution in [0.4, 0.5) is 4.39 Å². The molecule has 0 aliphatic carbocycles. The van der Waals surface area contributed by atoms with Crippen LogP contribution in [0.3, 0.4) is 0 Å². The Hall–Kier alpha value is -0.970. The maximum atomic E-state index is 13.2. The fourth-order valence-corrected chi connectivity index (χ4v) is 3.14. The summed E-state index contributed by atoms with van der Waals surface area (Å²) < 4.78 is 13.2. The standard InChI is InChI=1S/C14H20FN3/c15-12-3-1-2-11(8-12)9-13(16)14-10-17-4-6-18(14)7-5-17/h1-3,8,13-14H,4-7,9-10,16H2. The van der Waals surface area contributed by atoms with Crippen molar-refractivity contribution in [3.8, 4) is 0 Å². The van der Waals surface area contributed by atoms with Gasteiger partial charge in [0.15, 0.2) is 0 Å². The molecule has 0 radical (unpaired) electrons. The highest BCUT2D eigenvalue weighted by molar-refractivity contribution is 5.18. The summed E-state index contributed by atoms with van der Waals surface area (Å²) in [5, 5.41) is 0. The Kier molecular flexibility index (Phi) is 3.33. The summed E-state index contributed by atoms with van der Waals surface area (Å²) in [6.45, 7) is 5.66. The van der Waals surface area contributed by atoms with Crippen molar-refractivity contribution >= 4 is 0 Å². The number of benzene rings is 1. The van der Waals surface area contributed by atoms with Crippen molar-refractivity contribution in [1.29, 1.82) is 0 Å². The van der Waals surface area contributed by atoms with E-state index in [4.69, 9.17) is 5.73 Å². The lowest BCUT2D eigenvalue weighted by Gasteiger charge is -2.49. The van der Waals surface area contributed by atoms with Gasteiger partial charge in [0, 0.05) is 44.8 Å². The van der Waals surface area contributed by atoms with E-state index in [0.717, 1.165) is 31.6 Å². The summed E-state index contributed by atoms with van der Waals surface area (Å²) in [6, 6.07) is 7.31.